The lowest BCUT2D eigenvalue weighted by molar-refractivity contribution is 0.0790. The average Bonchev–Trinajstić information content (AvgIpc) is 2.34. The molecule has 0 saturated carbocycles. The molecule has 0 aromatic carbocycles. The van der Waals surface area contributed by atoms with E-state index in [2.05, 4.69) is 29.1 Å². The van der Waals surface area contributed by atoms with E-state index in [0.717, 1.165) is 32.8 Å². The topological polar surface area (TPSA) is 27.7 Å². The minimum atomic E-state index is 0.517. The van der Waals surface area contributed by atoms with Crippen molar-refractivity contribution in [3.63, 3.8) is 0 Å². The van der Waals surface area contributed by atoms with Gasteiger partial charge in [0.15, 0.2) is 0 Å². The lowest BCUT2D eigenvalue weighted by atomic mass is 10.3. The highest BCUT2D eigenvalue weighted by molar-refractivity contribution is 4.70. The number of hydrogen-bond donors (Lipinski definition) is 1. The predicted molar refractivity (Wildman–Crippen MR) is 67.9 cm³/mol. The zero-order chi connectivity index (χ0) is 11.8. The zero-order valence-corrected chi connectivity index (χ0v) is 11.0. The summed E-state index contributed by atoms with van der Waals surface area (Å²) in [6.45, 7) is 12.9. The molecule has 1 rings (SSSR count). The van der Waals surface area contributed by atoms with E-state index in [-0.39, 0.29) is 0 Å². The third kappa shape index (κ3) is 5.25. The van der Waals surface area contributed by atoms with Crippen molar-refractivity contribution < 1.29 is 4.74 Å². The van der Waals surface area contributed by atoms with Gasteiger partial charge in [0.25, 0.3) is 0 Å². The van der Waals surface area contributed by atoms with Crippen LogP contribution in [0.3, 0.4) is 0 Å². The fraction of sp³-hybridized carbons (Fsp3) is 1.00. The molecule has 0 radical (unpaired) electrons. The Labute approximate surface area is 99.9 Å². The minimum absolute atomic E-state index is 0.517. The van der Waals surface area contributed by atoms with Crippen LogP contribution in [-0.4, -0.2) is 75.4 Å². The molecule has 4 heteroatoms. The van der Waals surface area contributed by atoms with E-state index in [0.29, 0.717) is 6.04 Å². The van der Waals surface area contributed by atoms with Crippen LogP contribution in [0.2, 0.25) is 0 Å². The van der Waals surface area contributed by atoms with Gasteiger partial charge in [0.1, 0.15) is 0 Å². The quantitative estimate of drug-likeness (QED) is 0.677. The molecule has 0 aromatic rings. The molecule has 1 fully saturated rings. The summed E-state index contributed by atoms with van der Waals surface area (Å²) in [5.41, 5.74) is 0. The van der Waals surface area contributed by atoms with E-state index in [4.69, 9.17) is 4.74 Å². The van der Waals surface area contributed by atoms with Crippen molar-refractivity contribution in [2.45, 2.75) is 19.9 Å². The number of nitrogens with zero attached hydrogens (tertiary/aromatic N) is 2. The second-order valence-corrected chi connectivity index (χ2v) is 4.58. The molecular weight excluding hydrogens is 202 g/mol. The summed E-state index contributed by atoms with van der Waals surface area (Å²) >= 11 is 0. The van der Waals surface area contributed by atoms with E-state index in [1.54, 1.807) is 0 Å². The van der Waals surface area contributed by atoms with Gasteiger partial charge in [-0.05, 0) is 20.9 Å². The van der Waals surface area contributed by atoms with Crippen molar-refractivity contribution in [2.24, 2.45) is 0 Å². The normalized spacial score (nSPS) is 20.2. The van der Waals surface area contributed by atoms with Gasteiger partial charge >= 0.3 is 0 Å². The van der Waals surface area contributed by atoms with Gasteiger partial charge in [-0.25, -0.2) is 0 Å². The molecule has 16 heavy (non-hydrogen) atoms. The summed E-state index contributed by atoms with van der Waals surface area (Å²) in [4.78, 5) is 4.91. The monoisotopic (exact) mass is 229 g/mol. The molecular formula is C12H27N3O. The lowest BCUT2D eigenvalue weighted by Crippen LogP contribution is -2.47. The van der Waals surface area contributed by atoms with Crippen molar-refractivity contribution in [3.05, 3.63) is 0 Å². The lowest BCUT2D eigenvalue weighted by Gasteiger charge is -2.31. The summed E-state index contributed by atoms with van der Waals surface area (Å²) in [5.74, 6) is 0. The van der Waals surface area contributed by atoms with Gasteiger partial charge in [-0.2, -0.15) is 0 Å². The van der Waals surface area contributed by atoms with Crippen LogP contribution >= 0.6 is 0 Å². The number of piperazine rings is 1. The summed E-state index contributed by atoms with van der Waals surface area (Å²) in [6, 6.07) is 0.517. The van der Waals surface area contributed by atoms with Crippen LogP contribution in [-0.2, 0) is 4.74 Å². The largest absolute Gasteiger partial charge is 0.380 e. The molecule has 0 spiro atoms. The number of rotatable bonds is 7. The molecule has 1 heterocycles. The third-order valence-corrected chi connectivity index (χ3v) is 3.29. The Kier molecular flexibility index (Phi) is 6.96. The molecule has 0 bridgehead atoms. The Morgan fingerprint density at radius 1 is 1.38 bits per heavy atom. The fourth-order valence-corrected chi connectivity index (χ4v) is 1.87. The van der Waals surface area contributed by atoms with E-state index in [9.17, 15) is 0 Å². The van der Waals surface area contributed by atoms with Gasteiger partial charge in [0.05, 0.1) is 6.61 Å². The first-order valence-electron chi connectivity index (χ1n) is 6.45. The SMILES string of the molecule is CCOCC(C)N(C)CCN1CCNCC1. The molecule has 1 N–H and O–H groups in total. The van der Waals surface area contributed by atoms with Gasteiger partial charge in [-0.1, -0.05) is 0 Å². The maximum atomic E-state index is 5.44. The van der Waals surface area contributed by atoms with Gasteiger partial charge in [0.2, 0.25) is 0 Å². The standard InChI is InChI=1S/C12H27N3O/c1-4-16-11-12(2)14(3)9-10-15-7-5-13-6-8-15/h12-13H,4-11H2,1-3H3. The summed E-state index contributed by atoms with van der Waals surface area (Å²) in [7, 11) is 2.19. The Hall–Kier alpha value is -0.160. The molecule has 1 atom stereocenters. The molecule has 1 saturated heterocycles. The average molecular weight is 229 g/mol. The Morgan fingerprint density at radius 2 is 2.06 bits per heavy atom. The summed E-state index contributed by atoms with van der Waals surface area (Å²) < 4.78 is 5.44. The van der Waals surface area contributed by atoms with Crippen LogP contribution < -0.4 is 5.32 Å². The van der Waals surface area contributed by atoms with Gasteiger partial charge < -0.3 is 15.0 Å². The molecule has 0 aliphatic carbocycles. The number of ether oxygens (including phenoxy) is 1. The van der Waals surface area contributed by atoms with Gasteiger partial charge in [-0.15, -0.1) is 0 Å². The highest BCUT2D eigenvalue weighted by Gasteiger charge is 2.13. The fourth-order valence-electron chi connectivity index (χ4n) is 1.87. The van der Waals surface area contributed by atoms with E-state index in [1.165, 1.54) is 19.6 Å². The second-order valence-electron chi connectivity index (χ2n) is 4.58. The minimum Gasteiger partial charge on any atom is -0.380 e. The first-order chi connectivity index (χ1) is 7.74. The molecule has 4 nitrogen and oxygen atoms in total. The smallest absolute Gasteiger partial charge is 0.0618 e. The summed E-state index contributed by atoms with van der Waals surface area (Å²) in [6.07, 6.45) is 0. The third-order valence-electron chi connectivity index (χ3n) is 3.29. The van der Waals surface area contributed by atoms with Gasteiger partial charge in [0, 0.05) is 51.9 Å². The highest BCUT2D eigenvalue weighted by Crippen LogP contribution is 1.98. The molecule has 1 aliphatic heterocycles. The molecule has 0 amide bonds. The van der Waals surface area contributed by atoms with Crippen molar-refractivity contribution in [2.75, 3.05) is 59.5 Å². The zero-order valence-electron chi connectivity index (χ0n) is 11.0. The van der Waals surface area contributed by atoms with Crippen molar-refractivity contribution in [1.82, 2.24) is 15.1 Å². The molecule has 0 aromatic heterocycles. The van der Waals surface area contributed by atoms with Crippen molar-refractivity contribution in [1.29, 1.82) is 0 Å². The summed E-state index contributed by atoms with van der Waals surface area (Å²) in [5, 5.41) is 3.38. The number of hydrogen-bond acceptors (Lipinski definition) is 4. The van der Waals surface area contributed by atoms with Crippen molar-refractivity contribution >= 4 is 0 Å². The molecule has 1 aliphatic rings. The number of likely N-dealkylation sites (N-methyl/N-ethyl adjacent to an activating group) is 1. The predicted octanol–water partition coefficient (Wildman–Crippen LogP) is 0.248. The van der Waals surface area contributed by atoms with Crippen LogP contribution in [0, 0.1) is 0 Å². The Morgan fingerprint density at radius 3 is 2.69 bits per heavy atom. The van der Waals surface area contributed by atoms with Crippen molar-refractivity contribution in [3.8, 4) is 0 Å². The highest BCUT2D eigenvalue weighted by atomic mass is 16.5. The maximum Gasteiger partial charge on any atom is 0.0618 e. The molecule has 1 unspecified atom stereocenters. The second kappa shape index (κ2) is 8.01. The van der Waals surface area contributed by atoms with Crippen LogP contribution in [0.25, 0.3) is 0 Å². The van der Waals surface area contributed by atoms with Crippen LogP contribution in [0.4, 0.5) is 0 Å². The van der Waals surface area contributed by atoms with Crippen LogP contribution in [0.5, 0.6) is 0 Å². The number of nitrogens with one attached hydrogen (secondary N) is 1. The first-order valence-corrected chi connectivity index (χ1v) is 6.45. The van der Waals surface area contributed by atoms with E-state index < -0.39 is 0 Å². The van der Waals surface area contributed by atoms with Gasteiger partial charge in [-0.3, -0.25) is 4.90 Å². The Bertz CT molecular complexity index is 172. The van der Waals surface area contributed by atoms with E-state index >= 15 is 0 Å². The van der Waals surface area contributed by atoms with E-state index in [1.807, 2.05) is 6.92 Å². The van der Waals surface area contributed by atoms with Crippen LogP contribution in [0.15, 0.2) is 0 Å². The molecule has 96 valence electrons. The van der Waals surface area contributed by atoms with Crippen LogP contribution in [0.1, 0.15) is 13.8 Å². The first kappa shape index (κ1) is 13.9. The Balaban J connectivity index is 2.10. The maximum absolute atomic E-state index is 5.44.